The molecular weight excluding hydrogens is 406 g/mol. The number of sulfonamides is 1. The van der Waals surface area contributed by atoms with E-state index in [4.69, 9.17) is 4.74 Å². The fraction of sp³-hybridized carbons (Fsp3) is 0.118. The summed E-state index contributed by atoms with van der Waals surface area (Å²) in [6.07, 6.45) is 3.13. The van der Waals surface area contributed by atoms with Gasteiger partial charge in [-0.3, -0.25) is 9.40 Å². The van der Waals surface area contributed by atoms with E-state index in [9.17, 15) is 8.42 Å². The van der Waals surface area contributed by atoms with Gasteiger partial charge in [-0.05, 0) is 42.0 Å². The molecular formula is C17H16BrN3O3S. The molecule has 1 aromatic heterocycles. The van der Waals surface area contributed by atoms with Gasteiger partial charge < -0.3 is 4.74 Å². The number of benzene rings is 2. The van der Waals surface area contributed by atoms with Crippen molar-refractivity contribution in [3.8, 4) is 5.75 Å². The second-order valence-electron chi connectivity index (χ2n) is 5.34. The maximum atomic E-state index is 12.4. The fourth-order valence-corrected chi connectivity index (χ4v) is 3.58. The molecule has 3 rings (SSSR count). The summed E-state index contributed by atoms with van der Waals surface area (Å²) >= 11 is 3.29. The molecule has 0 atom stereocenters. The van der Waals surface area contributed by atoms with Crippen LogP contribution in [0.3, 0.4) is 0 Å². The van der Waals surface area contributed by atoms with Crippen LogP contribution in [0.25, 0.3) is 0 Å². The number of hydrogen-bond donors (Lipinski definition) is 1. The summed E-state index contributed by atoms with van der Waals surface area (Å²) in [7, 11) is -2.03. The molecule has 0 spiro atoms. The Kier molecular flexibility index (Phi) is 5.10. The van der Waals surface area contributed by atoms with Gasteiger partial charge in [-0.15, -0.1) is 0 Å². The summed E-state index contributed by atoms with van der Waals surface area (Å²) in [5.41, 5.74) is 1.41. The Balaban J connectivity index is 1.73. The average molecular weight is 422 g/mol. The largest absolute Gasteiger partial charge is 0.497 e. The predicted octanol–water partition coefficient (Wildman–Crippen LogP) is 3.50. The predicted molar refractivity (Wildman–Crippen MR) is 99.3 cm³/mol. The van der Waals surface area contributed by atoms with Gasteiger partial charge in [0.1, 0.15) is 5.75 Å². The Morgan fingerprint density at radius 2 is 1.96 bits per heavy atom. The second kappa shape index (κ2) is 7.28. The number of nitrogens with one attached hydrogen (secondary N) is 1. The van der Waals surface area contributed by atoms with E-state index in [0.717, 1.165) is 15.8 Å². The molecule has 0 bridgehead atoms. The van der Waals surface area contributed by atoms with Gasteiger partial charge in [-0.25, -0.2) is 8.42 Å². The molecule has 2 aromatic carbocycles. The molecule has 0 radical (unpaired) electrons. The first-order valence-corrected chi connectivity index (χ1v) is 9.68. The van der Waals surface area contributed by atoms with Crippen LogP contribution >= 0.6 is 15.9 Å². The summed E-state index contributed by atoms with van der Waals surface area (Å²) in [4.78, 5) is 0.191. The van der Waals surface area contributed by atoms with Crippen molar-refractivity contribution in [1.82, 2.24) is 9.78 Å². The van der Waals surface area contributed by atoms with Gasteiger partial charge in [0.05, 0.1) is 30.4 Å². The van der Waals surface area contributed by atoms with E-state index in [1.807, 2.05) is 24.3 Å². The molecule has 0 aliphatic rings. The van der Waals surface area contributed by atoms with Crippen molar-refractivity contribution in [3.05, 3.63) is 71.0 Å². The third kappa shape index (κ3) is 4.40. The van der Waals surface area contributed by atoms with Crippen LogP contribution in [0.1, 0.15) is 5.56 Å². The molecule has 0 saturated carbocycles. The minimum absolute atomic E-state index is 0.191. The van der Waals surface area contributed by atoms with E-state index >= 15 is 0 Å². The maximum absolute atomic E-state index is 12.4. The number of halogens is 1. The van der Waals surface area contributed by atoms with E-state index in [0.29, 0.717) is 12.2 Å². The van der Waals surface area contributed by atoms with Crippen LogP contribution < -0.4 is 9.46 Å². The number of methoxy groups -OCH3 is 1. The molecule has 1 N–H and O–H groups in total. The van der Waals surface area contributed by atoms with Gasteiger partial charge in [0.2, 0.25) is 0 Å². The zero-order valence-corrected chi connectivity index (χ0v) is 15.8. The van der Waals surface area contributed by atoms with Crippen molar-refractivity contribution in [2.75, 3.05) is 11.8 Å². The Hall–Kier alpha value is -2.32. The molecule has 130 valence electrons. The highest BCUT2D eigenvalue weighted by Gasteiger charge is 2.15. The lowest BCUT2D eigenvalue weighted by molar-refractivity contribution is 0.414. The van der Waals surface area contributed by atoms with Gasteiger partial charge in [0.25, 0.3) is 10.0 Å². The zero-order chi connectivity index (χ0) is 17.9. The summed E-state index contributed by atoms with van der Waals surface area (Å²) in [6, 6.07) is 14.1. The quantitative estimate of drug-likeness (QED) is 0.660. The van der Waals surface area contributed by atoms with Gasteiger partial charge in [0, 0.05) is 10.7 Å². The van der Waals surface area contributed by atoms with Crippen LogP contribution in [0.5, 0.6) is 5.75 Å². The zero-order valence-electron chi connectivity index (χ0n) is 13.4. The number of hydrogen-bond acceptors (Lipinski definition) is 4. The molecule has 0 aliphatic heterocycles. The molecule has 0 aliphatic carbocycles. The average Bonchev–Trinajstić information content (AvgIpc) is 3.01. The molecule has 6 nitrogen and oxygen atoms in total. The number of anilines is 1. The van der Waals surface area contributed by atoms with Gasteiger partial charge in [0.15, 0.2) is 0 Å². The van der Waals surface area contributed by atoms with Crippen molar-refractivity contribution >= 4 is 31.6 Å². The highest BCUT2D eigenvalue weighted by atomic mass is 79.9. The normalized spacial score (nSPS) is 11.3. The van der Waals surface area contributed by atoms with Crippen LogP contribution in [-0.2, 0) is 16.6 Å². The van der Waals surface area contributed by atoms with Crippen molar-refractivity contribution in [2.24, 2.45) is 0 Å². The summed E-state index contributed by atoms with van der Waals surface area (Å²) < 4.78 is 35.0. The van der Waals surface area contributed by atoms with Gasteiger partial charge in [-0.1, -0.05) is 28.1 Å². The molecule has 0 amide bonds. The van der Waals surface area contributed by atoms with E-state index in [-0.39, 0.29) is 4.90 Å². The minimum atomic E-state index is -3.64. The standard InChI is InChI=1S/C17H16BrN3O3S/c1-24-16-4-2-3-13(9-16)11-21-12-15(10-19-21)20-25(22,23)17-7-5-14(18)6-8-17/h2-10,12,20H,11H2,1H3. The fourth-order valence-electron chi connectivity index (χ4n) is 2.29. The van der Waals surface area contributed by atoms with Crippen molar-refractivity contribution in [2.45, 2.75) is 11.4 Å². The number of rotatable bonds is 6. The van der Waals surface area contributed by atoms with Crippen LogP contribution in [0.15, 0.2) is 70.3 Å². The monoisotopic (exact) mass is 421 g/mol. The Bertz CT molecular complexity index is 969. The van der Waals surface area contributed by atoms with E-state index in [1.165, 1.54) is 18.3 Å². The molecule has 8 heteroatoms. The Morgan fingerprint density at radius 1 is 1.20 bits per heavy atom. The number of nitrogens with zero attached hydrogens (tertiary/aromatic N) is 2. The molecule has 25 heavy (non-hydrogen) atoms. The van der Waals surface area contributed by atoms with Gasteiger partial charge >= 0.3 is 0 Å². The first-order valence-electron chi connectivity index (χ1n) is 7.40. The molecule has 0 unspecified atom stereocenters. The van der Waals surface area contributed by atoms with E-state index in [1.54, 1.807) is 30.1 Å². The highest BCUT2D eigenvalue weighted by molar-refractivity contribution is 9.10. The maximum Gasteiger partial charge on any atom is 0.261 e. The minimum Gasteiger partial charge on any atom is -0.497 e. The van der Waals surface area contributed by atoms with Crippen LogP contribution in [0.4, 0.5) is 5.69 Å². The Morgan fingerprint density at radius 3 is 2.68 bits per heavy atom. The SMILES string of the molecule is COc1cccc(Cn2cc(NS(=O)(=O)c3ccc(Br)cc3)cn2)c1. The molecule has 3 aromatic rings. The van der Waals surface area contributed by atoms with Crippen LogP contribution in [-0.4, -0.2) is 25.3 Å². The van der Waals surface area contributed by atoms with Crippen molar-refractivity contribution in [3.63, 3.8) is 0 Å². The lowest BCUT2D eigenvalue weighted by Crippen LogP contribution is -2.12. The molecule has 0 saturated heterocycles. The first kappa shape index (κ1) is 17.5. The number of aromatic nitrogens is 2. The second-order valence-corrected chi connectivity index (χ2v) is 7.94. The Labute approximate surface area is 154 Å². The van der Waals surface area contributed by atoms with Gasteiger partial charge in [-0.2, -0.15) is 5.10 Å². The lowest BCUT2D eigenvalue weighted by atomic mass is 10.2. The molecule has 1 heterocycles. The topological polar surface area (TPSA) is 73.2 Å². The van der Waals surface area contributed by atoms with Crippen molar-refractivity contribution < 1.29 is 13.2 Å². The van der Waals surface area contributed by atoms with Crippen molar-refractivity contribution in [1.29, 1.82) is 0 Å². The lowest BCUT2D eigenvalue weighted by Gasteiger charge is -2.06. The van der Waals surface area contributed by atoms with Crippen LogP contribution in [0, 0.1) is 0 Å². The summed E-state index contributed by atoms with van der Waals surface area (Å²) in [6.45, 7) is 0.511. The van der Waals surface area contributed by atoms with Crippen LogP contribution in [0.2, 0.25) is 0 Å². The third-order valence-corrected chi connectivity index (χ3v) is 5.41. The summed E-state index contributed by atoms with van der Waals surface area (Å²) in [5.74, 6) is 0.765. The third-order valence-electron chi connectivity index (χ3n) is 3.49. The molecule has 0 fully saturated rings. The van der Waals surface area contributed by atoms with E-state index in [2.05, 4.69) is 25.8 Å². The van der Waals surface area contributed by atoms with E-state index < -0.39 is 10.0 Å². The first-order chi connectivity index (χ1) is 12.0. The number of ether oxygens (including phenoxy) is 1. The smallest absolute Gasteiger partial charge is 0.261 e. The summed E-state index contributed by atoms with van der Waals surface area (Å²) in [5, 5.41) is 4.20. The highest BCUT2D eigenvalue weighted by Crippen LogP contribution is 2.19.